The van der Waals surface area contributed by atoms with Crippen LogP contribution in [0.1, 0.15) is 51.9 Å². The molecule has 1 amide bonds. The van der Waals surface area contributed by atoms with Crippen molar-refractivity contribution in [1.29, 1.82) is 5.41 Å². The molecule has 0 aromatic carbocycles. The predicted molar refractivity (Wildman–Crippen MR) is 102 cm³/mol. The summed E-state index contributed by atoms with van der Waals surface area (Å²) in [7, 11) is 0. The first-order valence-electron chi connectivity index (χ1n) is 9.52. The van der Waals surface area contributed by atoms with Gasteiger partial charge in [0.25, 0.3) is 0 Å². The van der Waals surface area contributed by atoms with E-state index in [4.69, 9.17) is 22.6 Å². The Kier molecular flexibility index (Phi) is 10.4. The van der Waals surface area contributed by atoms with Crippen LogP contribution in [-0.2, 0) is 4.79 Å². The minimum absolute atomic E-state index is 0.0129. The first-order valence-corrected chi connectivity index (χ1v) is 9.52. The third-order valence-electron chi connectivity index (χ3n) is 4.68. The SMILES string of the molecule is C[C@H](CCCNC(=N)N)NC(=O)C1CCCN1CC(N)CCCCN. The highest BCUT2D eigenvalue weighted by molar-refractivity contribution is 5.82. The molecule has 0 aromatic rings. The van der Waals surface area contributed by atoms with Gasteiger partial charge in [0.1, 0.15) is 0 Å². The Morgan fingerprint density at radius 1 is 1.32 bits per heavy atom. The number of amides is 1. The van der Waals surface area contributed by atoms with Gasteiger partial charge in [-0.3, -0.25) is 15.1 Å². The van der Waals surface area contributed by atoms with Crippen LogP contribution in [0.2, 0.25) is 0 Å². The molecular weight excluding hydrogens is 318 g/mol. The molecule has 1 aliphatic heterocycles. The minimum Gasteiger partial charge on any atom is -0.370 e. The molecule has 1 heterocycles. The van der Waals surface area contributed by atoms with Crippen LogP contribution in [0.3, 0.4) is 0 Å². The Morgan fingerprint density at radius 3 is 2.76 bits per heavy atom. The number of unbranched alkanes of at least 4 members (excludes halogenated alkanes) is 1. The maximum Gasteiger partial charge on any atom is 0.237 e. The summed E-state index contributed by atoms with van der Waals surface area (Å²) < 4.78 is 0. The first kappa shape index (κ1) is 21.7. The van der Waals surface area contributed by atoms with Gasteiger partial charge in [-0.05, 0) is 58.5 Å². The normalized spacial score (nSPS) is 20.2. The van der Waals surface area contributed by atoms with E-state index in [1.54, 1.807) is 0 Å². The fourth-order valence-electron chi connectivity index (χ4n) is 3.33. The fourth-order valence-corrected chi connectivity index (χ4v) is 3.33. The molecule has 0 bridgehead atoms. The van der Waals surface area contributed by atoms with E-state index in [-0.39, 0.29) is 30.0 Å². The van der Waals surface area contributed by atoms with Gasteiger partial charge in [0.15, 0.2) is 5.96 Å². The van der Waals surface area contributed by atoms with Crippen molar-refractivity contribution in [2.75, 3.05) is 26.2 Å². The highest BCUT2D eigenvalue weighted by atomic mass is 16.2. The Morgan fingerprint density at radius 2 is 2.08 bits per heavy atom. The summed E-state index contributed by atoms with van der Waals surface area (Å²) in [5.74, 6) is 0.0970. The summed E-state index contributed by atoms with van der Waals surface area (Å²) in [5, 5.41) is 13.0. The van der Waals surface area contributed by atoms with E-state index < -0.39 is 0 Å². The summed E-state index contributed by atoms with van der Waals surface area (Å²) in [4.78, 5) is 14.8. The van der Waals surface area contributed by atoms with Crippen molar-refractivity contribution in [3.8, 4) is 0 Å². The molecule has 0 spiro atoms. The molecule has 3 atom stereocenters. The van der Waals surface area contributed by atoms with Gasteiger partial charge in [-0.15, -0.1) is 0 Å². The van der Waals surface area contributed by atoms with Crippen LogP contribution in [0, 0.1) is 5.41 Å². The van der Waals surface area contributed by atoms with Gasteiger partial charge in [-0.2, -0.15) is 0 Å². The van der Waals surface area contributed by atoms with Gasteiger partial charge in [0.05, 0.1) is 6.04 Å². The number of nitrogens with one attached hydrogen (secondary N) is 3. The summed E-state index contributed by atoms with van der Waals surface area (Å²) in [6.45, 7) is 5.10. The van der Waals surface area contributed by atoms with Crippen molar-refractivity contribution in [3.63, 3.8) is 0 Å². The number of likely N-dealkylation sites (tertiary alicyclic amines) is 1. The number of hydrogen-bond acceptors (Lipinski definition) is 5. The molecule has 1 aliphatic rings. The highest BCUT2D eigenvalue weighted by Crippen LogP contribution is 2.18. The van der Waals surface area contributed by atoms with Gasteiger partial charge in [0, 0.05) is 25.2 Å². The second-order valence-corrected chi connectivity index (χ2v) is 7.09. The number of nitrogens with zero attached hydrogens (tertiary/aromatic N) is 1. The molecule has 8 nitrogen and oxygen atoms in total. The standard InChI is InChI=1S/C17H37N7O/c1-13(6-4-10-22-17(20)21)23-16(25)15-8-5-11-24(15)12-14(19)7-2-3-9-18/h13-15H,2-12,18-19H2,1H3,(H,23,25)(H4,20,21,22)/t13-,14?,15?/m1/s1. The number of nitrogens with two attached hydrogens (primary N) is 3. The zero-order valence-corrected chi connectivity index (χ0v) is 15.6. The first-order chi connectivity index (χ1) is 11.9. The average Bonchev–Trinajstić information content (AvgIpc) is 2.99. The van der Waals surface area contributed by atoms with Crippen LogP contribution in [-0.4, -0.2) is 61.1 Å². The maximum atomic E-state index is 12.6. The smallest absolute Gasteiger partial charge is 0.237 e. The monoisotopic (exact) mass is 355 g/mol. The molecule has 1 fully saturated rings. The van der Waals surface area contributed by atoms with Crippen LogP contribution < -0.4 is 27.8 Å². The predicted octanol–water partition coefficient (Wildman–Crippen LogP) is -0.325. The number of rotatable bonds is 12. The molecule has 2 unspecified atom stereocenters. The lowest BCUT2D eigenvalue weighted by atomic mass is 10.1. The van der Waals surface area contributed by atoms with Gasteiger partial charge in [-0.25, -0.2) is 0 Å². The van der Waals surface area contributed by atoms with Crippen LogP contribution in [0.15, 0.2) is 0 Å². The van der Waals surface area contributed by atoms with E-state index in [2.05, 4.69) is 15.5 Å². The third kappa shape index (κ3) is 9.04. The molecule has 0 aliphatic carbocycles. The number of carbonyl (C=O) groups excluding carboxylic acids is 1. The largest absolute Gasteiger partial charge is 0.370 e. The van der Waals surface area contributed by atoms with E-state index in [0.29, 0.717) is 13.1 Å². The molecule has 0 saturated carbocycles. The Bertz CT molecular complexity index is 404. The van der Waals surface area contributed by atoms with E-state index in [0.717, 1.165) is 58.0 Å². The van der Waals surface area contributed by atoms with E-state index in [1.165, 1.54) is 0 Å². The quantitative estimate of drug-likeness (QED) is 0.161. The Labute approximate surface area is 151 Å². The molecule has 0 aromatic heterocycles. The summed E-state index contributed by atoms with van der Waals surface area (Å²) >= 11 is 0. The van der Waals surface area contributed by atoms with E-state index >= 15 is 0 Å². The van der Waals surface area contributed by atoms with Gasteiger partial charge >= 0.3 is 0 Å². The number of guanidine groups is 1. The zero-order valence-electron chi connectivity index (χ0n) is 15.6. The Balaban J connectivity index is 2.31. The molecule has 0 radical (unpaired) electrons. The fraction of sp³-hybridized carbons (Fsp3) is 0.882. The average molecular weight is 356 g/mol. The minimum atomic E-state index is -0.0571. The van der Waals surface area contributed by atoms with Crippen LogP contribution in [0.4, 0.5) is 0 Å². The van der Waals surface area contributed by atoms with Crippen LogP contribution >= 0.6 is 0 Å². The summed E-state index contributed by atoms with van der Waals surface area (Å²) in [6, 6.07) is 0.162. The van der Waals surface area contributed by atoms with E-state index in [9.17, 15) is 4.79 Å². The van der Waals surface area contributed by atoms with Crippen molar-refractivity contribution in [2.45, 2.75) is 70.0 Å². The van der Waals surface area contributed by atoms with Gasteiger partial charge < -0.3 is 27.8 Å². The van der Waals surface area contributed by atoms with Crippen LogP contribution in [0.25, 0.3) is 0 Å². The van der Waals surface area contributed by atoms with Crippen LogP contribution in [0.5, 0.6) is 0 Å². The molecule has 25 heavy (non-hydrogen) atoms. The second kappa shape index (κ2) is 12.1. The topological polar surface area (TPSA) is 146 Å². The summed E-state index contributed by atoms with van der Waals surface area (Å²) in [5.41, 5.74) is 17.0. The lowest BCUT2D eigenvalue weighted by molar-refractivity contribution is -0.126. The molecule has 8 heteroatoms. The van der Waals surface area contributed by atoms with E-state index in [1.807, 2.05) is 6.92 Å². The lowest BCUT2D eigenvalue weighted by Crippen LogP contribution is -2.49. The maximum absolute atomic E-state index is 12.6. The molecule has 9 N–H and O–H groups in total. The second-order valence-electron chi connectivity index (χ2n) is 7.09. The number of hydrogen-bond donors (Lipinski definition) is 6. The van der Waals surface area contributed by atoms with Crippen molar-refractivity contribution in [2.24, 2.45) is 17.2 Å². The highest BCUT2D eigenvalue weighted by Gasteiger charge is 2.31. The molecule has 1 saturated heterocycles. The van der Waals surface area contributed by atoms with Crippen molar-refractivity contribution in [3.05, 3.63) is 0 Å². The van der Waals surface area contributed by atoms with Gasteiger partial charge in [-0.1, -0.05) is 6.42 Å². The zero-order chi connectivity index (χ0) is 18.7. The molecule has 1 rings (SSSR count). The van der Waals surface area contributed by atoms with Gasteiger partial charge in [0.2, 0.25) is 5.91 Å². The van der Waals surface area contributed by atoms with Crippen molar-refractivity contribution >= 4 is 11.9 Å². The third-order valence-corrected chi connectivity index (χ3v) is 4.68. The lowest BCUT2D eigenvalue weighted by Gasteiger charge is -2.27. The summed E-state index contributed by atoms with van der Waals surface area (Å²) in [6.07, 6.45) is 6.69. The molecule has 146 valence electrons. The Hall–Kier alpha value is -1.38. The van der Waals surface area contributed by atoms with Crippen molar-refractivity contribution < 1.29 is 4.79 Å². The van der Waals surface area contributed by atoms with Crippen molar-refractivity contribution in [1.82, 2.24) is 15.5 Å². The number of carbonyl (C=O) groups is 1. The molecular formula is C17H37N7O.